The first kappa shape index (κ1) is 34.3. The summed E-state index contributed by atoms with van der Waals surface area (Å²) < 4.78 is 0. The molecular weight excluding hydrogens is 699 g/mol. The predicted octanol–water partition coefficient (Wildman–Crippen LogP) is 15.3. The van der Waals surface area contributed by atoms with Crippen molar-refractivity contribution in [2.75, 3.05) is 4.90 Å². The molecule has 0 N–H and O–H groups in total. The summed E-state index contributed by atoms with van der Waals surface area (Å²) in [5.74, 6) is 0. The van der Waals surface area contributed by atoms with Crippen molar-refractivity contribution in [2.45, 2.75) is 31.6 Å². The lowest BCUT2D eigenvalue weighted by Gasteiger charge is -2.31. The van der Waals surface area contributed by atoms with Crippen molar-refractivity contribution in [3.63, 3.8) is 0 Å². The molecule has 0 aliphatic heterocycles. The summed E-state index contributed by atoms with van der Waals surface area (Å²) >= 11 is 0. The summed E-state index contributed by atoms with van der Waals surface area (Å²) in [6.07, 6.45) is 0. The van der Waals surface area contributed by atoms with E-state index in [1.54, 1.807) is 0 Å². The first-order valence-electron chi connectivity index (χ1n) is 20.4. The second kappa shape index (κ2) is 13.0. The molecule has 0 fully saturated rings. The lowest BCUT2D eigenvalue weighted by molar-refractivity contribution is 0.660. The van der Waals surface area contributed by atoms with Gasteiger partial charge in [0.1, 0.15) is 0 Å². The van der Waals surface area contributed by atoms with Crippen molar-refractivity contribution in [1.82, 2.24) is 0 Å². The van der Waals surface area contributed by atoms with Gasteiger partial charge in [0.15, 0.2) is 0 Å². The summed E-state index contributed by atoms with van der Waals surface area (Å²) in [4.78, 5) is 2.50. The number of hydrogen-bond donors (Lipinski definition) is 0. The fourth-order valence-corrected chi connectivity index (χ4v) is 10.3. The molecule has 0 saturated heterocycles. The molecule has 1 nitrogen and oxygen atoms in total. The van der Waals surface area contributed by atoms with Crippen LogP contribution in [0.1, 0.15) is 48.6 Å². The van der Waals surface area contributed by atoms with Crippen molar-refractivity contribution < 1.29 is 0 Å². The van der Waals surface area contributed by atoms with Gasteiger partial charge >= 0.3 is 0 Å². The van der Waals surface area contributed by atoms with Crippen molar-refractivity contribution in [1.29, 1.82) is 0 Å². The fourth-order valence-electron chi connectivity index (χ4n) is 10.3. The number of rotatable bonds is 6. The predicted molar refractivity (Wildman–Crippen MR) is 245 cm³/mol. The molecule has 0 aromatic heterocycles. The zero-order chi connectivity index (χ0) is 39.0. The summed E-state index contributed by atoms with van der Waals surface area (Å²) in [6.45, 7) is 7.11. The van der Waals surface area contributed by atoms with Crippen molar-refractivity contribution in [3.05, 3.63) is 234 Å². The zero-order valence-corrected chi connectivity index (χ0v) is 33.1. The van der Waals surface area contributed by atoms with Crippen LogP contribution in [0.2, 0.25) is 0 Å². The Kier molecular flexibility index (Phi) is 7.72. The van der Waals surface area contributed by atoms with Gasteiger partial charge in [-0.3, -0.25) is 0 Å². The smallest absolute Gasteiger partial charge is 0.0540 e. The minimum Gasteiger partial charge on any atom is -0.309 e. The van der Waals surface area contributed by atoms with Gasteiger partial charge in [0.2, 0.25) is 0 Å². The molecule has 58 heavy (non-hydrogen) atoms. The third-order valence-electron chi connectivity index (χ3n) is 13.2. The molecule has 1 atom stereocenters. The maximum atomic E-state index is 2.50. The fraction of sp³-hybridized carbons (Fsp3) is 0.0877. The minimum absolute atomic E-state index is 0.0930. The average molecular weight is 742 g/mol. The monoisotopic (exact) mass is 741 g/mol. The topological polar surface area (TPSA) is 3.24 Å². The summed E-state index contributed by atoms with van der Waals surface area (Å²) in [6, 6.07) is 76.5. The molecule has 2 aliphatic carbocycles. The van der Waals surface area contributed by atoms with Gasteiger partial charge in [0.05, 0.1) is 11.4 Å². The van der Waals surface area contributed by atoms with Gasteiger partial charge in [-0.05, 0) is 109 Å². The van der Waals surface area contributed by atoms with E-state index in [1.165, 1.54) is 83.1 Å². The highest BCUT2D eigenvalue weighted by molar-refractivity contribution is 6.01. The van der Waals surface area contributed by atoms with Crippen LogP contribution >= 0.6 is 0 Å². The van der Waals surface area contributed by atoms with Crippen LogP contribution in [0.3, 0.4) is 0 Å². The first-order chi connectivity index (χ1) is 28.4. The SMILES string of the molecule is CC1(C)c2ccccc2-c2c(-c3ccccc3N(c3ccc4ccccc4c3)c3ccccc3-c3ccc4c(c3)-c3ccccc3C4(C)c3ccccc3)cccc21. The Labute approximate surface area is 341 Å². The molecule has 276 valence electrons. The largest absolute Gasteiger partial charge is 0.309 e. The lowest BCUT2D eigenvalue weighted by Crippen LogP contribution is -2.22. The molecule has 0 spiro atoms. The van der Waals surface area contributed by atoms with Gasteiger partial charge in [-0.15, -0.1) is 0 Å². The van der Waals surface area contributed by atoms with Crippen LogP contribution in [-0.2, 0) is 10.8 Å². The molecule has 0 bridgehead atoms. The molecule has 0 amide bonds. The van der Waals surface area contributed by atoms with Gasteiger partial charge in [-0.1, -0.05) is 190 Å². The van der Waals surface area contributed by atoms with E-state index in [2.05, 4.69) is 232 Å². The number of hydrogen-bond acceptors (Lipinski definition) is 1. The average Bonchev–Trinajstić information content (AvgIpc) is 3.68. The second-order valence-electron chi connectivity index (χ2n) is 16.6. The summed E-state index contributed by atoms with van der Waals surface area (Å²) in [7, 11) is 0. The van der Waals surface area contributed by atoms with E-state index in [1.807, 2.05) is 0 Å². The maximum absolute atomic E-state index is 2.50. The molecule has 0 heterocycles. The Morgan fingerprint density at radius 1 is 0.345 bits per heavy atom. The van der Waals surface area contributed by atoms with Crippen molar-refractivity contribution in [2.24, 2.45) is 0 Å². The molecule has 2 aliphatic rings. The quantitative estimate of drug-likeness (QED) is 0.164. The summed E-state index contributed by atoms with van der Waals surface area (Å²) in [5.41, 5.74) is 19.9. The third-order valence-corrected chi connectivity index (χ3v) is 13.2. The van der Waals surface area contributed by atoms with Gasteiger partial charge in [-0.2, -0.15) is 0 Å². The van der Waals surface area contributed by atoms with Gasteiger partial charge < -0.3 is 4.90 Å². The van der Waals surface area contributed by atoms with Crippen LogP contribution in [-0.4, -0.2) is 0 Å². The standard InChI is InChI=1S/C57H43N/c1-56(2)49-27-13-10-25-47(49)55-46(26-17-29-52(55)56)45-24-12-16-31-54(45)58(42-34-32-38-18-7-8-19-39(38)36-42)53-30-15-11-22-43(53)40-33-35-51-48(37-40)44-23-9-14-28-50(44)57(51,3)41-20-5-4-6-21-41/h4-37H,1-3H3. The van der Waals surface area contributed by atoms with E-state index < -0.39 is 0 Å². The Morgan fingerprint density at radius 2 is 0.914 bits per heavy atom. The molecule has 0 saturated carbocycles. The van der Waals surface area contributed by atoms with E-state index in [9.17, 15) is 0 Å². The lowest BCUT2D eigenvalue weighted by atomic mass is 9.74. The highest BCUT2D eigenvalue weighted by Gasteiger charge is 2.41. The number of para-hydroxylation sites is 2. The highest BCUT2D eigenvalue weighted by atomic mass is 15.1. The van der Waals surface area contributed by atoms with E-state index in [0.29, 0.717) is 0 Å². The molecule has 9 aromatic carbocycles. The van der Waals surface area contributed by atoms with E-state index in [4.69, 9.17) is 0 Å². The van der Waals surface area contributed by atoms with Gasteiger partial charge in [0, 0.05) is 27.6 Å². The highest BCUT2D eigenvalue weighted by Crippen LogP contribution is 2.56. The first-order valence-corrected chi connectivity index (χ1v) is 20.4. The second-order valence-corrected chi connectivity index (χ2v) is 16.6. The third kappa shape index (κ3) is 5.03. The van der Waals surface area contributed by atoms with Crippen molar-refractivity contribution in [3.8, 4) is 44.5 Å². The molecule has 0 radical (unpaired) electrons. The number of anilines is 3. The Balaban J connectivity index is 1.14. The van der Waals surface area contributed by atoms with E-state index >= 15 is 0 Å². The molecule has 1 unspecified atom stereocenters. The molecule has 9 aromatic rings. The Bertz CT molecular complexity index is 3060. The van der Waals surface area contributed by atoms with Gasteiger partial charge in [0.25, 0.3) is 0 Å². The van der Waals surface area contributed by atoms with E-state index in [0.717, 1.165) is 17.1 Å². The Hall–Kier alpha value is -6.96. The summed E-state index contributed by atoms with van der Waals surface area (Å²) in [5, 5.41) is 2.44. The van der Waals surface area contributed by atoms with Crippen LogP contribution in [0.15, 0.2) is 206 Å². The Morgan fingerprint density at radius 3 is 1.71 bits per heavy atom. The maximum Gasteiger partial charge on any atom is 0.0540 e. The zero-order valence-electron chi connectivity index (χ0n) is 33.1. The van der Waals surface area contributed by atoms with Crippen LogP contribution in [0.5, 0.6) is 0 Å². The number of nitrogens with zero attached hydrogens (tertiary/aromatic N) is 1. The van der Waals surface area contributed by atoms with Crippen LogP contribution in [0, 0.1) is 0 Å². The van der Waals surface area contributed by atoms with Crippen LogP contribution in [0.4, 0.5) is 17.1 Å². The molecule has 1 heteroatoms. The van der Waals surface area contributed by atoms with Crippen molar-refractivity contribution >= 4 is 27.8 Å². The van der Waals surface area contributed by atoms with Crippen LogP contribution in [0.25, 0.3) is 55.3 Å². The molecular formula is C57H43N. The minimum atomic E-state index is -0.246. The van der Waals surface area contributed by atoms with Crippen LogP contribution < -0.4 is 4.90 Å². The number of benzene rings is 9. The molecule has 11 rings (SSSR count). The van der Waals surface area contributed by atoms with E-state index in [-0.39, 0.29) is 10.8 Å². The van der Waals surface area contributed by atoms with Gasteiger partial charge in [-0.25, -0.2) is 0 Å². The normalized spacial score (nSPS) is 15.7. The number of fused-ring (bicyclic) bond motifs is 7.